The molecule has 3 rings (SSSR count). The molecule has 1 amide bonds. The van der Waals surface area contributed by atoms with Crippen LogP contribution in [0.1, 0.15) is 36.1 Å². The quantitative estimate of drug-likeness (QED) is 0.943. The van der Waals surface area contributed by atoms with Gasteiger partial charge in [-0.25, -0.2) is 0 Å². The smallest absolute Gasteiger partial charge is 0.244 e. The standard InChI is InChI=1S/C18H24N4O/c1-21(2)18(23)17(15-6-4-3-5-7-15)22-12-9-14(10-13-22)16-8-11-19-20-16/h3-8,11,14,17H,9-10,12-13H2,1-2H3,(H,19,20)/t17-/m0/s1. The van der Waals surface area contributed by atoms with Gasteiger partial charge in [0.15, 0.2) is 0 Å². The van der Waals surface area contributed by atoms with Crippen LogP contribution in [0.25, 0.3) is 0 Å². The van der Waals surface area contributed by atoms with Gasteiger partial charge in [0.2, 0.25) is 5.91 Å². The van der Waals surface area contributed by atoms with Crippen molar-refractivity contribution in [2.24, 2.45) is 0 Å². The number of piperidine rings is 1. The molecule has 0 bridgehead atoms. The summed E-state index contributed by atoms with van der Waals surface area (Å²) >= 11 is 0. The van der Waals surface area contributed by atoms with Crippen molar-refractivity contribution < 1.29 is 4.79 Å². The predicted molar refractivity (Wildman–Crippen MR) is 90.0 cm³/mol. The normalized spacial score (nSPS) is 17.8. The number of likely N-dealkylation sites (tertiary alicyclic amines) is 1. The van der Waals surface area contributed by atoms with E-state index in [9.17, 15) is 4.79 Å². The van der Waals surface area contributed by atoms with Gasteiger partial charge >= 0.3 is 0 Å². The number of benzene rings is 1. The van der Waals surface area contributed by atoms with Gasteiger partial charge in [-0.2, -0.15) is 5.10 Å². The van der Waals surface area contributed by atoms with Gasteiger partial charge in [-0.15, -0.1) is 0 Å². The first-order valence-corrected chi connectivity index (χ1v) is 8.16. The first-order chi connectivity index (χ1) is 11.2. The Balaban J connectivity index is 1.75. The van der Waals surface area contributed by atoms with Crippen LogP contribution < -0.4 is 0 Å². The Labute approximate surface area is 137 Å². The summed E-state index contributed by atoms with van der Waals surface area (Å²) in [6, 6.07) is 12.0. The topological polar surface area (TPSA) is 52.2 Å². The van der Waals surface area contributed by atoms with Gasteiger partial charge in [-0.3, -0.25) is 14.8 Å². The molecule has 1 atom stereocenters. The molecule has 1 N–H and O–H groups in total. The average molecular weight is 312 g/mol. The molecule has 5 nitrogen and oxygen atoms in total. The first-order valence-electron chi connectivity index (χ1n) is 8.16. The molecule has 23 heavy (non-hydrogen) atoms. The van der Waals surface area contributed by atoms with Crippen LogP contribution in [0, 0.1) is 0 Å². The Morgan fingerprint density at radius 3 is 2.48 bits per heavy atom. The van der Waals surface area contributed by atoms with Crippen LogP contribution in [-0.2, 0) is 4.79 Å². The van der Waals surface area contributed by atoms with Crippen LogP contribution in [0.2, 0.25) is 0 Å². The largest absolute Gasteiger partial charge is 0.347 e. The molecular formula is C18H24N4O. The summed E-state index contributed by atoms with van der Waals surface area (Å²) in [4.78, 5) is 16.7. The third-order valence-corrected chi connectivity index (χ3v) is 4.65. The zero-order chi connectivity index (χ0) is 16.2. The molecule has 1 aromatic carbocycles. The number of nitrogens with one attached hydrogen (secondary N) is 1. The van der Waals surface area contributed by atoms with E-state index in [-0.39, 0.29) is 11.9 Å². The Kier molecular flexibility index (Phi) is 4.76. The monoisotopic (exact) mass is 312 g/mol. The molecule has 1 aliphatic heterocycles. The Hall–Kier alpha value is -2.14. The van der Waals surface area contributed by atoms with Gasteiger partial charge in [0.25, 0.3) is 0 Å². The summed E-state index contributed by atoms with van der Waals surface area (Å²) in [5, 5.41) is 7.13. The van der Waals surface area contributed by atoms with E-state index in [2.05, 4.69) is 21.2 Å². The highest BCUT2D eigenvalue weighted by atomic mass is 16.2. The average Bonchev–Trinajstić information content (AvgIpc) is 3.11. The van der Waals surface area contributed by atoms with E-state index < -0.39 is 0 Å². The van der Waals surface area contributed by atoms with Crippen LogP contribution in [0.3, 0.4) is 0 Å². The number of nitrogens with zero attached hydrogens (tertiary/aromatic N) is 3. The van der Waals surface area contributed by atoms with E-state index in [0.29, 0.717) is 5.92 Å². The molecule has 2 heterocycles. The lowest BCUT2D eigenvalue weighted by atomic mass is 9.91. The molecule has 0 aliphatic carbocycles. The molecule has 1 fully saturated rings. The maximum absolute atomic E-state index is 12.7. The number of hydrogen-bond donors (Lipinski definition) is 1. The molecule has 0 saturated carbocycles. The van der Waals surface area contributed by atoms with Gasteiger partial charge in [0, 0.05) is 31.9 Å². The van der Waals surface area contributed by atoms with Crippen molar-refractivity contribution in [1.29, 1.82) is 0 Å². The number of carbonyl (C=O) groups is 1. The molecule has 1 saturated heterocycles. The summed E-state index contributed by atoms with van der Waals surface area (Å²) in [7, 11) is 3.66. The fraction of sp³-hybridized carbons (Fsp3) is 0.444. The van der Waals surface area contributed by atoms with Crippen molar-refractivity contribution in [3.63, 3.8) is 0 Å². The maximum Gasteiger partial charge on any atom is 0.244 e. The molecule has 122 valence electrons. The summed E-state index contributed by atoms with van der Waals surface area (Å²) in [5.74, 6) is 0.663. The van der Waals surface area contributed by atoms with Crippen molar-refractivity contribution >= 4 is 5.91 Å². The molecule has 1 aliphatic rings. The summed E-state index contributed by atoms with van der Waals surface area (Å²) < 4.78 is 0. The lowest BCUT2D eigenvalue weighted by molar-refractivity contribution is -0.135. The number of aromatic amines is 1. The third kappa shape index (κ3) is 3.45. The van der Waals surface area contributed by atoms with Crippen molar-refractivity contribution in [2.45, 2.75) is 24.8 Å². The van der Waals surface area contributed by atoms with Crippen molar-refractivity contribution in [3.05, 3.63) is 53.9 Å². The van der Waals surface area contributed by atoms with E-state index in [1.54, 1.807) is 4.90 Å². The van der Waals surface area contributed by atoms with Gasteiger partial charge in [0.1, 0.15) is 6.04 Å². The number of likely N-dealkylation sites (N-methyl/N-ethyl adjacent to an activating group) is 1. The molecule has 2 aromatic rings. The number of H-pyrrole nitrogens is 1. The van der Waals surface area contributed by atoms with E-state index in [1.165, 1.54) is 5.69 Å². The lowest BCUT2D eigenvalue weighted by Gasteiger charge is -2.37. The number of hydrogen-bond acceptors (Lipinski definition) is 3. The zero-order valence-electron chi connectivity index (χ0n) is 13.8. The molecule has 0 radical (unpaired) electrons. The van der Waals surface area contributed by atoms with Crippen LogP contribution in [0.4, 0.5) is 0 Å². The molecule has 1 aromatic heterocycles. The maximum atomic E-state index is 12.7. The van der Waals surface area contributed by atoms with Crippen LogP contribution >= 0.6 is 0 Å². The minimum atomic E-state index is -0.186. The predicted octanol–water partition coefficient (Wildman–Crippen LogP) is 2.42. The second-order valence-electron chi connectivity index (χ2n) is 6.37. The summed E-state index contributed by atoms with van der Waals surface area (Å²) in [6.07, 6.45) is 3.91. The highest BCUT2D eigenvalue weighted by molar-refractivity contribution is 5.82. The summed E-state index contributed by atoms with van der Waals surface area (Å²) in [6.45, 7) is 1.84. The van der Waals surface area contributed by atoms with Gasteiger partial charge in [-0.05, 0) is 37.6 Å². The highest BCUT2D eigenvalue weighted by Crippen LogP contribution is 2.32. The molecular weight excluding hydrogens is 288 g/mol. The Bertz CT molecular complexity index is 616. The fourth-order valence-electron chi connectivity index (χ4n) is 3.35. The van der Waals surface area contributed by atoms with E-state index in [4.69, 9.17) is 0 Å². The fourth-order valence-corrected chi connectivity index (χ4v) is 3.35. The van der Waals surface area contributed by atoms with Crippen molar-refractivity contribution in [2.75, 3.05) is 27.2 Å². The number of rotatable bonds is 4. The summed E-state index contributed by atoms with van der Waals surface area (Å²) in [5.41, 5.74) is 2.28. The Morgan fingerprint density at radius 2 is 1.91 bits per heavy atom. The van der Waals surface area contributed by atoms with E-state index in [1.807, 2.05) is 50.6 Å². The Morgan fingerprint density at radius 1 is 1.22 bits per heavy atom. The van der Waals surface area contributed by atoms with Gasteiger partial charge in [-0.1, -0.05) is 30.3 Å². The van der Waals surface area contributed by atoms with Crippen LogP contribution in [-0.4, -0.2) is 53.1 Å². The molecule has 0 unspecified atom stereocenters. The highest BCUT2D eigenvalue weighted by Gasteiger charge is 2.32. The van der Waals surface area contributed by atoms with Crippen LogP contribution in [0.5, 0.6) is 0 Å². The lowest BCUT2D eigenvalue weighted by Crippen LogP contribution is -2.43. The third-order valence-electron chi connectivity index (χ3n) is 4.65. The van der Waals surface area contributed by atoms with E-state index in [0.717, 1.165) is 31.5 Å². The first kappa shape index (κ1) is 15.7. The molecule has 0 spiro atoms. The number of carbonyl (C=O) groups excluding carboxylic acids is 1. The molecule has 5 heteroatoms. The second-order valence-corrected chi connectivity index (χ2v) is 6.37. The van der Waals surface area contributed by atoms with Gasteiger partial charge in [0.05, 0.1) is 0 Å². The number of aromatic nitrogens is 2. The van der Waals surface area contributed by atoms with Crippen LogP contribution in [0.15, 0.2) is 42.6 Å². The van der Waals surface area contributed by atoms with Crippen molar-refractivity contribution in [1.82, 2.24) is 20.0 Å². The van der Waals surface area contributed by atoms with Crippen molar-refractivity contribution in [3.8, 4) is 0 Å². The minimum absolute atomic E-state index is 0.149. The minimum Gasteiger partial charge on any atom is -0.347 e. The second kappa shape index (κ2) is 6.96. The zero-order valence-corrected chi connectivity index (χ0v) is 13.8. The SMILES string of the molecule is CN(C)C(=O)[C@H](c1ccccc1)N1CCC(c2ccn[nH]2)CC1. The van der Waals surface area contributed by atoms with E-state index >= 15 is 0 Å². The van der Waals surface area contributed by atoms with Gasteiger partial charge < -0.3 is 4.90 Å². The number of amides is 1.